The number of benzene rings is 1. The van der Waals surface area contributed by atoms with Gasteiger partial charge in [0.15, 0.2) is 0 Å². The molecule has 252 valence electrons. The number of phenolic OH excluding ortho intramolecular Hbond substituents is 1. The second-order valence-corrected chi connectivity index (χ2v) is 13.8. The molecule has 17 nitrogen and oxygen atoms in total. The highest BCUT2D eigenvalue weighted by Crippen LogP contribution is 2.43. The minimum absolute atomic E-state index is 0.0113. The van der Waals surface area contributed by atoms with Gasteiger partial charge in [0, 0.05) is 43.7 Å². The lowest BCUT2D eigenvalue weighted by atomic mass is 10.00. The van der Waals surface area contributed by atoms with E-state index in [4.69, 9.17) is 12.2 Å². The highest BCUT2D eigenvalue weighted by molar-refractivity contribution is 8.21. The Balaban J connectivity index is 1.38. The maximum absolute atomic E-state index is 14.0. The molecule has 3 atom stereocenters. The number of carboxylic acid groups (broad SMARTS) is 1. The van der Waals surface area contributed by atoms with Gasteiger partial charge < -0.3 is 32.0 Å². The number of nitrogens with zero attached hydrogens (tertiary/aromatic N) is 5. The Kier molecular flexibility index (Phi) is 10.4. The molecule has 20 heteroatoms. The number of terminal acetylenes is 1. The van der Waals surface area contributed by atoms with Crippen molar-refractivity contribution in [1.29, 1.82) is 0 Å². The van der Waals surface area contributed by atoms with Crippen molar-refractivity contribution in [3.63, 3.8) is 0 Å². The first kappa shape index (κ1) is 34.5. The number of primary amides is 1. The quantitative estimate of drug-likeness (QED) is 0.0895. The van der Waals surface area contributed by atoms with Gasteiger partial charge in [-0.25, -0.2) is 19.6 Å². The lowest BCUT2D eigenvalue weighted by Crippen LogP contribution is -2.71. The summed E-state index contributed by atoms with van der Waals surface area (Å²) >= 11 is 4.14. The second-order valence-electron chi connectivity index (χ2n) is 10.5. The molecule has 1 aromatic heterocycles. The summed E-state index contributed by atoms with van der Waals surface area (Å²) in [6, 6.07) is 1.31. The number of carbonyl (C=O) groups is 4. The zero-order valence-electron chi connectivity index (χ0n) is 25.4. The van der Waals surface area contributed by atoms with E-state index in [0.717, 1.165) is 15.3 Å². The van der Waals surface area contributed by atoms with E-state index in [1.165, 1.54) is 59.7 Å². The number of amides is 4. The van der Waals surface area contributed by atoms with Crippen molar-refractivity contribution in [3.8, 4) is 18.1 Å². The number of aliphatic carboxylic acids is 1. The maximum atomic E-state index is 14.0. The van der Waals surface area contributed by atoms with E-state index in [9.17, 15) is 34.2 Å². The Morgan fingerprint density at radius 1 is 1.27 bits per heavy atom. The van der Waals surface area contributed by atoms with Gasteiger partial charge in [-0.3, -0.25) is 29.2 Å². The molecule has 0 saturated carbocycles. The van der Waals surface area contributed by atoms with Crippen LogP contribution in [-0.4, -0.2) is 102 Å². The summed E-state index contributed by atoms with van der Waals surface area (Å²) in [6.07, 6.45) is 8.06. The van der Waals surface area contributed by atoms with Gasteiger partial charge >= 0.3 is 12.0 Å². The maximum Gasteiger partial charge on any atom is 0.352 e. The first-order valence-electron chi connectivity index (χ1n) is 14.0. The lowest BCUT2D eigenvalue weighted by Gasteiger charge is -2.49. The summed E-state index contributed by atoms with van der Waals surface area (Å²) in [5.74, 6) is -0.0119. The average Bonchev–Trinajstić information content (AvgIpc) is 3.54. The first-order chi connectivity index (χ1) is 22.9. The van der Waals surface area contributed by atoms with Crippen LogP contribution in [0.25, 0.3) is 0 Å². The zero-order valence-corrected chi connectivity index (χ0v) is 27.8. The minimum atomic E-state index is -1.60. The molecular weight excluding hydrogens is 685 g/mol. The number of nitrogens with two attached hydrogens (primary N) is 1. The molecule has 4 heterocycles. The van der Waals surface area contributed by atoms with Crippen molar-refractivity contribution in [3.05, 3.63) is 68.1 Å². The van der Waals surface area contributed by atoms with Crippen LogP contribution >= 0.6 is 35.5 Å². The summed E-state index contributed by atoms with van der Waals surface area (Å²) in [6.45, 7) is 0.0508. The van der Waals surface area contributed by atoms with Gasteiger partial charge in [-0.1, -0.05) is 22.6 Å². The lowest BCUT2D eigenvalue weighted by molar-refractivity contribution is -0.150. The van der Waals surface area contributed by atoms with Gasteiger partial charge in [0.25, 0.3) is 11.5 Å². The molecule has 1 aromatic carbocycles. The minimum Gasteiger partial charge on any atom is -0.508 e. The number of hydrazine groups is 2. The molecule has 48 heavy (non-hydrogen) atoms. The van der Waals surface area contributed by atoms with Crippen LogP contribution in [-0.2, 0) is 14.4 Å². The number of phenols is 1. The van der Waals surface area contributed by atoms with E-state index in [-0.39, 0.29) is 40.9 Å². The largest absolute Gasteiger partial charge is 0.508 e. The molecule has 2 unspecified atom stereocenters. The topological polar surface area (TPSA) is 230 Å². The van der Waals surface area contributed by atoms with E-state index in [1.54, 1.807) is 10.7 Å². The summed E-state index contributed by atoms with van der Waals surface area (Å²) in [5, 5.41) is 26.4. The number of urea groups is 1. The van der Waals surface area contributed by atoms with Crippen molar-refractivity contribution in [2.45, 2.75) is 17.5 Å². The fourth-order valence-electron chi connectivity index (χ4n) is 4.94. The molecule has 0 aliphatic carbocycles. The average molecular weight is 715 g/mol. The number of aromatic hydroxyl groups is 1. The Morgan fingerprint density at radius 2 is 2.00 bits per heavy atom. The standard InChI is InChI=1S/C28H30N10O7S3/c1-4-9-30-28-31-10-17(22(40)34-28)36(27(29)45)20(14-5-7-16(39)8-6-14)23(41)33-19-24(42)37-21(26(43)44)15(13-47-25(19)37)12-46-18-11-32-38(48-18)35(2)3/h1,5-8,10-11,19-20,25,32,39H,9,12-13H2,2-3H3,(H2,29,45)(H,33,41)(H,43,44)(H2,30,31,34,40)/t19?,20?,25-/m0/s1. The van der Waals surface area contributed by atoms with Crippen LogP contribution in [0.4, 0.5) is 16.4 Å². The van der Waals surface area contributed by atoms with Crippen LogP contribution in [0.3, 0.4) is 0 Å². The molecule has 1 fully saturated rings. The number of anilines is 2. The van der Waals surface area contributed by atoms with E-state index in [2.05, 4.69) is 31.9 Å². The fourth-order valence-corrected chi connectivity index (χ4v) is 8.25. The summed E-state index contributed by atoms with van der Waals surface area (Å²) in [5.41, 5.74) is 8.11. The van der Waals surface area contributed by atoms with E-state index < -0.39 is 46.8 Å². The van der Waals surface area contributed by atoms with Gasteiger partial charge in [-0.05, 0) is 23.3 Å². The number of fused-ring (bicyclic) bond motifs is 1. The predicted molar refractivity (Wildman–Crippen MR) is 182 cm³/mol. The van der Waals surface area contributed by atoms with Crippen LogP contribution in [0.1, 0.15) is 11.6 Å². The van der Waals surface area contributed by atoms with Gasteiger partial charge in [-0.2, -0.15) is 0 Å². The zero-order chi connectivity index (χ0) is 34.7. The summed E-state index contributed by atoms with van der Waals surface area (Å²) in [7, 11) is 3.73. The van der Waals surface area contributed by atoms with Crippen molar-refractivity contribution < 1.29 is 29.4 Å². The second kappa shape index (κ2) is 14.5. The number of aromatic nitrogens is 2. The fraction of sp³-hybridized carbons (Fsp3) is 0.286. The van der Waals surface area contributed by atoms with Crippen LogP contribution in [0, 0.1) is 12.3 Å². The number of hydrogen-bond acceptors (Lipinski definition) is 14. The Hall–Kier alpha value is -4.81. The number of aromatic amines is 1. The smallest absolute Gasteiger partial charge is 0.352 e. The number of carboxylic acids is 1. The van der Waals surface area contributed by atoms with Gasteiger partial charge in [0.1, 0.15) is 34.6 Å². The molecule has 0 spiro atoms. The number of carbonyl (C=O) groups excluding carboxylic acids is 3. The molecule has 4 amide bonds. The molecule has 1 saturated heterocycles. The highest BCUT2D eigenvalue weighted by atomic mass is 32.2. The molecule has 0 radical (unpaired) electrons. The summed E-state index contributed by atoms with van der Waals surface area (Å²) in [4.78, 5) is 74.1. The third kappa shape index (κ3) is 7.04. The number of β-lactam (4-membered cyclic amide) rings is 1. The first-order valence-corrected chi connectivity index (χ1v) is 16.8. The van der Waals surface area contributed by atoms with Gasteiger partial charge in [0.05, 0.1) is 17.0 Å². The molecule has 8 N–H and O–H groups in total. The predicted octanol–water partition coefficient (Wildman–Crippen LogP) is 0.363. The van der Waals surface area contributed by atoms with Gasteiger partial charge in [0.2, 0.25) is 11.9 Å². The number of thioether (sulfide) groups is 2. The van der Waals surface area contributed by atoms with E-state index >= 15 is 0 Å². The normalized spacial score (nSPS) is 19.4. The third-order valence-corrected chi connectivity index (χ3v) is 10.8. The Bertz CT molecular complexity index is 1790. The van der Waals surface area contributed by atoms with Crippen LogP contribution in [0.5, 0.6) is 5.75 Å². The summed E-state index contributed by atoms with van der Waals surface area (Å²) < 4.78 is 2.69. The Morgan fingerprint density at radius 3 is 2.60 bits per heavy atom. The van der Waals surface area contributed by atoms with Crippen LogP contribution in [0.15, 0.2) is 57.0 Å². The van der Waals surface area contributed by atoms with Gasteiger partial charge in [-0.15, -0.1) is 29.9 Å². The van der Waals surface area contributed by atoms with E-state index in [1.807, 2.05) is 19.1 Å². The van der Waals surface area contributed by atoms with Crippen molar-refractivity contribution >= 4 is 70.9 Å². The number of rotatable bonds is 12. The molecule has 2 aromatic rings. The number of hydrogen-bond donors (Lipinski definition) is 7. The molecule has 5 rings (SSSR count). The molecule has 3 aliphatic heterocycles. The van der Waals surface area contributed by atoms with Crippen molar-refractivity contribution in [2.24, 2.45) is 5.73 Å². The monoisotopic (exact) mass is 714 g/mol. The molecule has 3 aliphatic rings. The van der Waals surface area contributed by atoms with Crippen molar-refractivity contribution in [2.75, 3.05) is 42.4 Å². The third-order valence-electron chi connectivity index (χ3n) is 7.12. The van der Waals surface area contributed by atoms with Crippen LogP contribution < -0.4 is 32.3 Å². The van der Waals surface area contributed by atoms with E-state index in [0.29, 0.717) is 16.2 Å². The van der Waals surface area contributed by atoms with Crippen LogP contribution in [0.2, 0.25) is 0 Å². The molecular formula is C28H30N10O7S3. The SMILES string of the molecule is C#CCNc1ncc(N(C(N)=O)C(C(=O)NC2C(=O)N3C(C(=O)O)=C(CSC4=CNN(N(C)C)S4)CS[C@@H]23)c2ccc(O)cc2)c(=O)[nH]1. The van der Waals surface area contributed by atoms with Crippen molar-refractivity contribution in [1.82, 2.24) is 35.1 Å². The highest BCUT2D eigenvalue weighted by Gasteiger charge is 2.55. The number of nitrogens with one attached hydrogen (secondary N) is 4. The molecule has 0 bridgehead atoms. The number of H-pyrrole nitrogens is 1. The Labute approximate surface area is 286 Å².